The lowest BCUT2D eigenvalue weighted by Gasteiger charge is -2.14. The lowest BCUT2D eigenvalue weighted by Crippen LogP contribution is -2.33. The maximum Gasteiger partial charge on any atom is 0.251 e. The molecule has 1 aromatic carbocycles. The summed E-state index contributed by atoms with van der Waals surface area (Å²) in [6.45, 7) is 2.09. The van der Waals surface area contributed by atoms with Gasteiger partial charge in [0.2, 0.25) is 0 Å². The van der Waals surface area contributed by atoms with Crippen LogP contribution in [0.1, 0.15) is 24.2 Å². The Hall–Kier alpha value is -1.00. The zero-order valence-electron chi connectivity index (χ0n) is 8.77. The first-order chi connectivity index (χ1) is 7.29. The third-order valence-corrected chi connectivity index (χ3v) is 3.43. The van der Waals surface area contributed by atoms with Gasteiger partial charge in [0.15, 0.2) is 0 Å². The molecule has 0 saturated carbocycles. The van der Waals surface area contributed by atoms with Crippen molar-refractivity contribution in [1.29, 1.82) is 0 Å². The molecule has 0 aromatic heterocycles. The van der Waals surface area contributed by atoms with E-state index in [1.165, 1.54) is 0 Å². The first-order valence-electron chi connectivity index (χ1n) is 4.96. The highest BCUT2D eigenvalue weighted by molar-refractivity contribution is 8.00. The van der Waals surface area contributed by atoms with Crippen LogP contribution in [0, 0.1) is 0 Å². The Morgan fingerprint density at radius 3 is 2.67 bits per heavy atom. The number of benzene rings is 1. The van der Waals surface area contributed by atoms with Crippen molar-refractivity contribution < 1.29 is 4.79 Å². The molecule has 0 radical (unpaired) electrons. The molecule has 1 atom stereocenters. The first kappa shape index (κ1) is 12.1. The van der Waals surface area contributed by atoms with Gasteiger partial charge in [-0.15, -0.1) is 11.8 Å². The van der Waals surface area contributed by atoms with Crippen LogP contribution < -0.4 is 11.3 Å². The van der Waals surface area contributed by atoms with Crippen LogP contribution in [-0.4, -0.2) is 11.7 Å². The van der Waals surface area contributed by atoms with E-state index in [0.717, 1.165) is 17.7 Å². The van der Waals surface area contributed by atoms with Crippen molar-refractivity contribution in [2.75, 3.05) is 5.75 Å². The Bertz CT molecular complexity index is 303. The highest BCUT2D eigenvalue weighted by atomic mass is 32.2. The maximum atomic E-state index is 11.6. The highest BCUT2D eigenvalue weighted by Gasteiger charge is 2.19. The minimum atomic E-state index is -0.198. The van der Waals surface area contributed by atoms with E-state index in [1.54, 1.807) is 11.8 Å². The second-order valence-electron chi connectivity index (χ2n) is 3.17. The number of hydrogen-bond acceptors (Lipinski definition) is 3. The van der Waals surface area contributed by atoms with Gasteiger partial charge in [-0.25, -0.2) is 5.84 Å². The van der Waals surface area contributed by atoms with Gasteiger partial charge in [-0.2, -0.15) is 0 Å². The number of thioether (sulfide) groups is 1. The predicted octanol–water partition coefficient (Wildman–Crippen LogP) is 1.86. The van der Waals surface area contributed by atoms with E-state index in [0.29, 0.717) is 0 Å². The SMILES string of the molecule is CCCSC(C(=O)NN)c1ccccc1. The summed E-state index contributed by atoms with van der Waals surface area (Å²) in [4.78, 5) is 11.6. The summed E-state index contributed by atoms with van der Waals surface area (Å²) in [6, 6.07) is 9.69. The summed E-state index contributed by atoms with van der Waals surface area (Å²) >= 11 is 1.62. The Kier molecular flexibility index (Phi) is 5.21. The number of amides is 1. The van der Waals surface area contributed by atoms with Crippen LogP contribution in [0.2, 0.25) is 0 Å². The standard InChI is InChI=1S/C11H16N2OS/c1-2-8-15-10(11(14)13-12)9-6-4-3-5-7-9/h3-7,10H,2,8,12H2,1H3,(H,13,14). The van der Waals surface area contributed by atoms with E-state index in [-0.39, 0.29) is 11.2 Å². The van der Waals surface area contributed by atoms with Crippen LogP contribution in [0.4, 0.5) is 0 Å². The van der Waals surface area contributed by atoms with Crippen molar-refractivity contribution in [2.45, 2.75) is 18.6 Å². The Morgan fingerprint density at radius 1 is 1.47 bits per heavy atom. The normalized spacial score (nSPS) is 12.1. The average Bonchev–Trinajstić information content (AvgIpc) is 2.30. The number of nitrogens with two attached hydrogens (primary N) is 1. The van der Waals surface area contributed by atoms with E-state index in [2.05, 4.69) is 12.3 Å². The van der Waals surface area contributed by atoms with Crippen LogP contribution in [0.15, 0.2) is 30.3 Å². The zero-order chi connectivity index (χ0) is 11.1. The summed E-state index contributed by atoms with van der Waals surface area (Å²) in [6.07, 6.45) is 1.05. The Balaban J connectivity index is 2.76. The van der Waals surface area contributed by atoms with E-state index in [1.807, 2.05) is 30.3 Å². The van der Waals surface area contributed by atoms with Gasteiger partial charge in [0.25, 0.3) is 5.91 Å². The van der Waals surface area contributed by atoms with Gasteiger partial charge in [0, 0.05) is 0 Å². The van der Waals surface area contributed by atoms with E-state index < -0.39 is 0 Å². The number of rotatable bonds is 5. The molecule has 0 aliphatic heterocycles. The number of carbonyl (C=O) groups is 1. The molecule has 1 aromatic rings. The van der Waals surface area contributed by atoms with E-state index in [4.69, 9.17) is 5.84 Å². The molecule has 4 heteroatoms. The molecule has 0 aliphatic carbocycles. The summed E-state index contributed by atoms with van der Waals surface area (Å²) in [5.41, 5.74) is 3.21. The fourth-order valence-corrected chi connectivity index (χ4v) is 2.30. The van der Waals surface area contributed by atoms with Gasteiger partial charge in [-0.05, 0) is 17.7 Å². The van der Waals surface area contributed by atoms with Crippen molar-refractivity contribution >= 4 is 17.7 Å². The summed E-state index contributed by atoms with van der Waals surface area (Å²) in [7, 11) is 0. The molecule has 0 aliphatic rings. The monoisotopic (exact) mass is 224 g/mol. The second-order valence-corrected chi connectivity index (χ2v) is 4.38. The minimum Gasteiger partial charge on any atom is -0.293 e. The van der Waals surface area contributed by atoms with Gasteiger partial charge < -0.3 is 0 Å². The van der Waals surface area contributed by atoms with Crippen LogP contribution in [0.25, 0.3) is 0 Å². The summed E-state index contributed by atoms with van der Waals surface area (Å²) in [5, 5.41) is -0.198. The smallest absolute Gasteiger partial charge is 0.251 e. The van der Waals surface area contributed by atoms with Crippen LogP contribution in [0.3, 0.4) is 0 Å². The van der Waals surface area contributed by atoms with Crippen molar-refractivity contribution in [3.05, 3.63) is 35.9 Å². The van der Waals surface area contributed by atoms with Crippen molar-refractivity contribution in [2.24, 2.45) is 5.84 Å². The highest BCUT2D eigenvalue weighted by Crippen LogP contribution is 2.28. The van der Waals surface area contributed by atoms with E-state index in [9.17, 15) is 4.79 Å². The molecule has 1 unspecified atom stereocenters. The number of nitrogens with one attached hydrogen (secondary N) is 1. The Morgan fingerprint density at radius 2 is 2.13 bits per heavy atom. The second kappa shape index (κ2) is 6.48. The van der Waals surface area contributed by atoms with Crippen molar-refractivity contribution in [3.8, 4) is 0 Å². The molecule has 1 rings (SSSR count). The third kappa shape index (κ3) is 3.57. The van der Waals surface area contributed by atoms with Crippen LogP contribution >= 0.6 is 11.8 Å². The lowest BCUT2D eigenvalue weighted by molar-refractivity contribution is -0.120. The first-order valence-corrected chi connectivity index (χ1v) is 6.01. The molecule has 0 saturated heterocycles. The molecule has 0 spiro atoms. The third-order valence-electron chi connectivity index (χ3n) is 1.97. The Labute approximate surface area is 94.4 Å². The number of carbonyl (C=O) groups excluding carboxylic acids is 1. The summed E-state index contributed by atoms with van der Waals surface area (Å²) < 4.78 is 0. The molecular weight excluding hydrogens is 208 g/mol. The average molecular weight is 224 g/mol. The molecule has 15 heavy (non-hydrogen) atoms. The molecule has 0 fully saturated rings. The maximum absolute atomic E-state index is 11.6. The van der Waals surface area contributed by atoms with Crippen molar-refractivity contribution in [3.63, 3.8) is 0 Å². The molecule has 3 N–H and O–H groups in total. The van der Waals surface area contributed by atoms with Gasteiger partial charge in [0.1, 0.15) is 5.25 Å². The van der Waals surface area contributed by atoms with Gasteiger partial charge >= 0.3 is 0 Å². The molecule has 3 nitrogen and oxygen atoms in total. The molecule has 82 valence electrons. The van der Waals surface area contributed by atoms with Crippen molar-refractivity contribution in [1.82, 2.24) is 5.43 Å². The lowest BCUT2D eigenvalue weighted by atomic mass is 10.1. The fourth-order valence-electron chi connectivity index (χ4n) is 1.26. The van der Waals surface area contributed by atoms with Gasteiger partial charge in [-0.1, -0.05) is 37.3 Å². The molecule has 0 bridgehead atoms. The van der Waals surface area contributed by atoms with Crippen LogP contribution in [0.5, 0.6) is 0 Å². The fraction of sp³-hybridized carbons (Fsp3) is 0.364. The topological polar surface area (TPSA) is 55.1 Å². The van der Waals surface area contributed by atoms with Gasteiger partial charge in [-0.3, -0.25) is 10.2 Å². The van der Waals surface area contributed by atoms with Crippen LogP contribution in [-0.2, 0) is 4.79 Å². The minimum absolute atomic E-state index is 0.139. The largest absolute Gasteiger partial charge is 0.293 e. The number of hydrazine groups is 1. The predicted molar refractivity (Wildman–Crippen MR) is 64.3 cm³/mol. The summed E-state index contributed by atoms with van der Waals surface area (Å²) in [5.74, 6) is 5.98. The van der Waals surface area contributed by atoms with E-state index >= 15 is 0 Å². The van der Waals surface area contributed by atoms with Gasteiger partial charge in [0.05, 0.1) is 0 Å². The quantitative estimate of drug-likeness (QED) is 0.456. The number of hydrogen-bond donors (Lipinski definition) is 2. The molecule has 0 heterocycles. The zero-order valence-corrected chi connectivity index (χ0v) is 9.59. The molecule has 1 amide bonds. The molecular formula is C11H16N2OS.